The van der Waals surface area contributed by atoms with Gasteiger partial charge in [-0.2, -0.15) is 5.10 Å². The van der Waals surface area contributed by atoms with Gasteiger partial charge in [0.1, 0.15) is 0 Å². The van der Waals surface area contributed by atoms with Gasteiger partial charge in [0.05, 0.1) is 11.3 Å². The average Bonchev–Trinajstić information content (AvgIpc) is 2.73. The monoisotopic (exact) mass is 273 g/mol. The predicted octanol–water partition coefficient (Wildman–Crippen LogP) is 2.70. The number of rotatable bonds is 6. The summed E-state index contributed by atoms with van der Waals surface area (Å²) < 4.78 is 1.99. The number of carboxylic acid groups (broad SMARTS) is 1. The van der Waals surface area contributed by atoms with Gasteiger partial charge in [0.2, 0.25) is 0 Å². The summed E-state index contributed by atoms with van der Waals surface area (Å²) in [5.41, 5.74) is 3.33. The number of nitrogens with one attached hydrogen (secondary N) is 1. The first-order valence-electron chi connectivity index (χ1n) is 6.64. The van der Waals surface area contributed by atoms with E-state index in [1.807, 2.05) is 24.6 Å². The van der Waals surface area contributed by atoms with Crippen LogP contribution in [0.4, 0.5) is 5.69 Å². The van der Waals surface area contributed by atoms with Gasteiger partial charge in [-0.3, -0.25) is 4.68 Å². The third-order valence-electron chi connectivity index (χ3n) is 3.09. The Morgan fingerprint density at radius 3 is 2.80 bits per heavy atom. The van der Waals surface area contributed by atoms with E-state index in [2.05, 4.69) is 16.5 Å². The molecule has 0 saturated carbocycles. The third-order valence-corrected chi connectivity index (χ3v) is 3.09. The summed E-state index contributed by atoms with van der Waals surface area (Å²) in [5, 5.41) is 16.6. The fraction of sp³-hybridized carbons (Fsp3) is 0.333. The van der Waals surface area contributed by atoms with E-state index in [1.54, 1.807) is 18.2 Å². The molecule has 2 rings (SSSR count). The van der Waals surface area contributed by atoms with Crippen molar-refractivity contribution < 1.29 is 9.90 Å². The molecule has 0 aliphatic rings. The Balaban J connectivity index is 1.83. The summed E-state index contributed by atoms with van der Waals surface area (Å²) in [7, 11) is 0. The minimum Gasteiger partial charge on any atom is -0.478 e. The molecule has 2 aromatic rings. The van der Waals surface area contributed by atoms with Crippen molar-refractivity contribution in [3.05, 3.63) is 47.3 Å². The zero-order valence-electron chi connectivity index (χ0n) is 11.8. The van der Waals surface area contributed by atoms with Crippen molar-refractivity contribution in [1.29, 1.82) is 0 Å². The van der Waals surface area contributed by atoms with E-state index in [1.165, 1.54) is 0 Å². The van der Waals surface area contributed by atoms with Gasteiger partial charge in [0, 0.05) is 24.5 Å². The number of nitrogens with zero attached hydrogens (tertiary/aromatic N) is 2. The van der Waals surface area contributed by atoms with E-state index in [0.717, 1.165) is 36.6 Å². The molecule has 0 aliphatic heterocycles. The largest absolute Gasteiger partial charge is 0.478 e. The summed E-state index contributed by atoms with van der Waals surface area (Å²) in [4.78, 5) is 10.9. The lowest BCUT2D eigenvalue weighted by Crippen LogP contribution is -2.09. The van der Waals surface area contributed by atoms with Crippen molar-refractivity contribution >= 4 is 11.7 Å². The lowest BCUT2D eigenvalue weighted by Gasteiger charge is -2.08. The van der Waals surface area contributed by atoms with Crippen LogP contribution in [0.1, 0.15) is 28.2 Å². The minimum atomic E-state index is -0.906. The fourth-order valence-electron chi connectivity index (χ4n) is 2.13. The van der Waals surface area contributed by atoms with Crippen molar-refractivity contribution in [3.63, 3.8) is 0 Å². The van der Waals surface area contributed by atoms with E-state index in [-0.39, 0.29) is 0 Å². The molecule has 0 saturated heterocycles. The number of hydrogen-bond donors (Lipinski definition) is 2. The molecule has 0 aliphatic carbocycles. The lowest BCUT2D eigenvalue weighted by atomic mass is 10.2. The van der Waals surface area contributed by atoms with Crippen LogP contribution in [0.15, 0.2) is 30.3 Å². The van der Waals surface area contributed by atoms with Gasteiger partial charge in [-0.1, -0.05) is 6.07 Å². The first kappa shape index (κ1) is 14.1. The van der Waals surface area contributed by atoms with Crippen LogP contribution >= 0.6 is 0 Å². The molecule has 0 bridgehead atoms. The van der Waals surface area contributed by atoms with Crippen molar-refractivity contribution in [2.24, 2.45) is 0 Å². The molecule has 0 amide bonds. The molecule has 0 spiro atoms. The second-order valence-electron chi connectivity index (χ2n) is 4.82. The van der Waals surface area contributed by atoms with Crippen molar-refractivity contribution in [3.8, 4) is 0 Å². The Morgan fingerprint density at radius 1 is 1.35 bits per heavy atom. The Kier molecular flexibility index (Phi) is 4.40. The Morgan fingerprint density at radius 2 is 2.15 bits per heavy atom. The molecule has 5 nitrogen and oxygen atoms in total. The number of aromatic carboxylic acids is 1. The van der Waals surface area contributed by atoms with E-state index in [0.29, 0.717) is 5.56 Å². The molecule has 0 fully saturated rings. The van der Waals surface area contributed by atoms with Gasteiger partial charge < -0.3 is 10.4 Å². The van der Waals surface area contributed by atoms with E-state index < -0.39 is 5.97 Å². The van der Waals surface area contributed by atoms with Gasteiger partial charge >= 0.3 is 5.97 Å². The summed E-state index contributed by atoms with van der Waals surface area (Å²) >= 11 is 0. The average molecular weight is 273 g/mol. The number of carbonyl (C=O) groups is 1. The topological polar surface area (TPSA) is 67.2 Å². The highest BCUT2D eigenvalue weighted by Crippen LogP contribution is 2.11. The van der Waals surface area contributed by atoms with Crippen molar-refractivity contribution in [2.45, 2.75) is 26.8 Å². The molecular formula is C15H19N3O2. The summed E-state index contributed by atoms with van der Waals surface area (Å²) in [6.45, 7) is 5.66. The molecule has 5 heteroatoms. The molecule has 0 unspecified atom stereocenters. The van der Waals surface area contributed by atoms with Gasteiger partial charge in [0.25, 0.3) is 0 Å². The van der Waals surface area contributed by atoms with E-state index >= 15 is 0 Å². The standard InChI is InChI=1S/C15H19N3O2/c1-11-9-12(2)18(17-11)8-4-7-16-14-6-3-5-13(10-14)15(19)20/h3,5-6,9-10,16H,4,7-8H2,1-2H3,(H,19,20). The maximum absolute atomic E-state index is 10.9. The predicted molar refractivity (Wildman–Crippen MR) is 78.2 cm³/mol. The lowest BCUT2D eigenvalue weighted by molar-refractivity contribution is 0.0697. The summed E-state index contributed by atoms with van der Waals surface area (Å²) in [6.07, 6.45) is 0.930. The number of hydrogen-bond acceptors (Lipinski definition) is 3. The normalized spacial score (nSPS) is 10.5. The fourth-order valence-corrected chi connectivity index (χ4v) is 2.13. The number of aromatic nitrogens is 2. The summed E-state index contributed by atoms with van der Waals surface area (Å²) in [5.74, 6) is -0.906. The third kappa shape index (κ3) is 3.60. The first-order valence-corrected chi connectivity index (χ1v) is 6.64. The molecule has 20 heavy (non-hydrogen) atoms. The number of benzene rings is 1. The molecular weight excluding hydrogens is 254 g/mol. The molecule has 1 aromatic carbocycles. The highest BCUT2D eigenvalue weighted by Gasteiger charge is 2.03. The van der Waals surface area contributed by atoms with E-state index in [4.69, 9.17) is 5.11 Å². The van der Waals surface area contributed by atoms with Gasteiger partial charge in [-0.15, -0.1) is 0 Å². The summed E-state index contributed by atoms with van der Waals surface area (Å²) in [6, 6.07) is 8.90. The van der Waals surface area contributed by atoms with Crippen LogP contribution in [-0.4, -0.2) is 27.4 Å². The van der Waals surface area contributed by atoms with Gasteiger partial charge in [-0.25, -0.2) is 4.79 Å². The van der Waals surface area contributed by atoms with E-state index in [9.17, 15) is 4.79 Å². The maximum Gasteiger partial charge on any atom is 0.335 e. The molecule has 0 atom stereocenters. The van der Waals surface area contributed by atoms with Crippen LogP contribution in [-0.2, 0) is 6.54 Å². The number of aryl methyl sites for hydroxylation is 3. The Bertz CT molecular complexity index is 605. The molecule has 106 valence electrons. The highest BCUT2D eigenvalue weighted by molar-refractivity contribution is 5.88. The SMILES string of the molecule is Cc1cc(C)n(CCCNc2cccc(C(=O)O)c2)n1. The van der Waals surface area contributed by atoms with Gasteiger partial charge in [0.15, 0.2) is 0 Å². The molecule has 1 aromatic heterocycles. The van der Waals surface area contributed by atoms with Crippen molar-refractivity contribution in [2.75, 3.05) is 11.9 Å². The van der Waals surface area contributed by atoms with Gasteiger partial charge in [-0.05, 0) is 44.5 Å². The van der Waals surface area contributed by atoms with Crippen LogP contribution in [0.25, 0.3) is 0 Å². The second-order valence-corrected chi connectivity index (χ2v) is 4.82. The zero-order chi connectivity index (χ0) is 14.5. The Hall–Kier alpha value is -2.30. The zero-order valence-corrected chi connectivity index (χ0v) is 11.8. The van der Waals surface area contributed by atoms with Crippen LogP contribution in [0, 0.1) is 13.8 Å². The first-order chi connectivity index (χ1) is 9.56. The quantitative estimate of drug-likeness (QED) is 0.794. The van der Waals surface area contributed by atoms with Crippen LogP contribution in [0.2, 0.25) is 0 Å². The van der Waals surface area contributed by atoms with Crippen LogP contribution < -0.4 is 5.32 Å². The molecule has 1 heterocycles. The number of carboxylic acids is 1. The second kappa shape index (κ2) is 6.23. The highest BCUT2D eigenvalue weighted by atomic mass is 16.4. The Labute approximate surface area is 118 Å². The molecule has 0 radical (unpaired) electrons. The van der Waals surface area contributed by atoms with Crippen LogP contribution in [0.5, 0.6) is 0 Å². The number of anilines is 1. The van der Waals surface area contributed by atoms with Crippen LogP contribution in [0.3, 0.4) is 0 Å². The maximum atomic E-state index is 10.9. The van der Waals surface area contributed by atoms with Crippen molar-refractivity contribution in [1.82, 2.24) is 9.78 Å². The minimum absolute atomic E-state index is 0.300. The smallest absolute Gasteiger partial charge is 0.335 e. The molecule has 2 N–H and O–H groups in total.